The van der Waals surface area contributed by atoms with E-state index < -0.39 is 0 Å². The van der Waals surface area contributed by atoms with Crippen LogP contribution in [0.5, 0.6) is 5.75 Å². The standard InChI is InChI=1S/C15H15Br2NO2/c1-20-10-6-7-12(16)11(8-10)15(9-19)18-14-5-3-2-4-13(14)17/h2-8,15,18-19H,9H2,1H3. The fourth-order valence-corrected chi connectivity index (χ4v) is 2.83. The van der Waals surface area contributed by atoms with Gasteiger partial charge in [-0.25, -0.2) is 0 Å². The van der Waals surface area contributed by atoms with Gasteiger partial charge >= 0.3 is 0 Å². The predicted molar refractivity (Wildman–Crippen MR) is 88.3 cm³/mol. The van der Waals surface area contributed by atoms with Crippen molar-refractivity contribution in [3.8, 4) is 5.75 Å². The van der Waals surface area contributed by atoms with Crippen molar-refractivity contribution < 1.29 is 9.84 Å². The normalized spacial score (nSPS) is 12.0. The minimum atomic E-state index is -0.224. The first-order chi connectivity index (χ1) is 9.65. The number of aliphatic hydroxyl groups excluding tert-OH is 1. The Morgan fingerprint density at radius 1 is 1.15 bits per heavy atom. The van der Waals surface area contributed by atoms with Crippen LogP contribution in [0.1, 0.15) is 11.6 Å². The van der Waals surface area contributed by atoms with Crippen LogP contribution in [0.4, 0.5) is 5.69 Å². The first-order valence-corrected chi connectivity index (χ1v) is 7.69. The van der Waals surface area contributed by atoms with Gasteiger partial charge in [-0.15, -0.1) is 0 Å². The minimum absolute atomic E-state index is 0.0207. The summed E-state index contributed by atoms with van der Waals surface area (Å²) in [5.74, 6) is 0.760. The van der Waals surface area contributed by atoms with Gasteiger partial charge in [-0.05, 0) is 51.8 Å². The number of aliphatic hydroxyl groups is 1. The van der Waals surface area contributed by atoms with Crippen molar-refractivity contribution in [2.24, 2.45) is 0 Å². The molecule has 2 rings (SSSR count). The second-order valence-corrected chi connectivity index (χ2v) is 5.96. The summed E-state index contributed by atoms with van der Waals surface area (Å²) in [6.07, 6.45) is 0. The van der Waals surface area contributed by atoms with E-state index in [0.717, 1.165) is 25.9 Å². The summed E-state index contributed by atoms with van der Waals surface area (Å²) in [7, 11) is 1.63. The van der Waals surface area contributed by atoms with E-state index >= 15 is 0 Å². The Morgan fingerprint density at radius 3 is 2.55 bits per heavy atom. The topological polar surface area (TPSA) is 41.5 Å². The van der Waals surface area contributed by atoms with Gasteiger partial charge in [0.15, 0.2) is 0 Å². The van der Waals surface area contributed by atoms with Gasteiger partial charge in [0.1, 0.15) is 5.75 Å². The number of methoxy groups -OCH3 is 1. The van der Waals surface area contributed by atoms with Crippen LogP contribution in [0.15, 0.2) is 51.4 Å². The molecule has 0 spiro atoms. The first kappa shape index (κ1) is 15.4. The lowest BCUT2D eigenvalue weighted by molar-refractivity contribution is 0.275. The molecule has 0 aromatic heterocycles. The molecule has 106 valence electrons. The zero-order chi connectivity index (χ0) is 14.5. The van der Waals surface area contributed by atoms with Crippen LogP contribution >= 0.6 is 31.9 Å². The molecule has 0 heterocycles. The molecule has 1 atom stereocenters. The molecule has 1 unspecified atom stereocenters. The van der Waals surface area contributed by atoms with Crippen LogP contribution in [-0.4, -0.2) is 18.8 Å². The molecule has 0 aliphatic carbocycles. The lowest BCUT2D eigenvalue weighted by Gasteiger charge is -2.21. The number of halogens is 2. The molecule has 0 saturated carbocycles. The molecule has 0 bridgehead atoms. The maximum Gasteiger partial charge on any atom is 0.119 e. The minimum Gasteiger partial charge on any atom is -0.497 e. The predicted octanol–water partition coefficient (Wildman–Crippen LogP) is 4.37. The lowest BCUT2D eigenvalue weighted by Crippen LogP contribution is -2.15. The SMILES string of the molecule is COc1ccc(Br)c(C(CO)Nc2ccccc2Br)c1. The largest absolute Gasteiger partial charge is 0.497 e. The smallest absolute Gasteiger partial charge is 0.119 e. The van der Waals surface area contributed by atoms with Crippen molar-refractivity contribution in [2.45, 2.75) is 6.04 Å². The Balaban J connectivity index is 2.31. The van der Waals surface area contributed by atoms with Gasteiger partial charge in [-0.3, -0.25) is 0 Å². The Bertz CT molecular complexity index is 590. The van der Waals surface area contributed by atoms with E-state index in [1.54, 1.807) is 7.11 Å². The summed E-state index contributed by atoms with van der Waals surface area (Å²) in [6.45, 7) is -0.0207. The van der Waals surface area contributed by atoms with E-state index in [1.165, 1.54) is 0 Å². The van der Waals surface area contributed by atoms with Crippen LogP contribution < -0.4 is 10.1 Å². The van der Waals surface area contributed by atoms with Crippen molar-refractivity contribution in [3.63, 3.8) is 0 Å². The molecule has 0 aliphatic heterocycles. The monoisotopic (exact) mass is 399 g/mol. The highest BCUT2D eigenvalue weighted by Crippen LogP contribution is 2.31. The Hall–Kier alpha value is -1.04. The summed E-state index contributed by atoms with van der Waals surface area (Å²) in [5.41, 5.74) is 1.88. The first-order valence-electron chi connectivity index (χ1n) is 6.11. The quantitative estimate of drug-likeness (QED) is 0.783. The third-order valence-corrected chi connectivity index (χ3v) is 4.38. The average molecular weight is 401 g/mol. The van der Waals surface area contributed by atoms with Gasteiger partial charge < -0.3 is 15.2 Å². The summed E-state index contributed by atoms with van der Waals surface area (Å²) in [4.78, 5) is 0. The van der Waals surface area contributed by atoms with Crippen LogP contribution in [0.2, 0.25) is 0 Å². The maximum atomic E-state index is 9.68. The highest BCUT2D eigenvalue weighted by molar-refractivity contribution is 9.11. The molecule has 0 radical (unpaired) electrons. The number of benzene rings is 2. The van der Waals surface area contributed by atoms with Crippen LogP contribution in [0, 0.1) is 0 Å². The molecule has 0 aliphatic rings. The van der Waals surface area contributed by atoms with Crippen LogP contribution in [0.25, 0.3) is 0 Å². The summed E-state index contributed by atoms with van der Waals surface area (Å²) in [5, 5.41) is 13.0. The van der Waals surface area contributed by atoms with Crippen molar-refractivity contribution in [1.29, 1.82) is 0 Å². The van der Waals surface area contributed by atoms with Gasteiger partial charge in [0.25, 0.3) is 0 Å². The number of hydrogen-bond donors (Lipinski definition) is 2. The molecule has 20 heavy (non-hydrogen) atoms. The van der Waals surface area contributed by atoms with E-state index in [2.05, 4.69) is 37.2 Å². The summed E-state index contributed by atoms with van der Waals surface area (Å²) >= 11 is 7.01. The van der Waals surface area contributed by atoms with Gasteiger partial charge in [0.05, 0.1) is 19.8 Å². The molecule has 2 aromatic carbocycles. The van der Waals surface area contributed by atoms with E-state index in [0.29, 0.717) is 0 Å². The van der Waals surface area contributed by atoms with E-state index in [9.17, 15) is 5.11 Å². The lowest BCUT2D eigenvalue weighted by atomic mass is 10.1. The summed E-state index contributed by atoms with van der Waals surface area (Å²) < 4.78 is 7.12. The van der Waals surface area contributed by atoms with Gasteiger partial charge in [0, 0.05) is 14.6 Å². The molecule has 5 heteroatoms. The van der Waals surface area contributed by atoms with Crippen molar-refractivity contribution in [2.75, 3.05) is 19.0 Å². The summed E-state index contributed by atoms with van der Waals surface area (Å²) in [6, 6.07) is 13.3. The third kappa shape index (κ3) is 3.53. The number of rotatable bonds is 5. The number of ether oxygens (including phenoxy) is 1. The number of nitrogens with one attached hydrogen (secondary N) is 1. The molecule has 3 nitrogen and oxygen atoms in total. The van der Waals surface area contributed by atoms with Gasteiger partial charge in [0.2, 0.25) is 0 Å². The molecule has 0 saturated heterocycles. The van der Waals surface area contributed by atoms with E-state index in [4.69, 9.17) is 4.74 Å². The van der Waals surface area contributed by atoms with Crippen molar-refractivity contribution in [3.05, 3.63) is 57.0 Å². The van der Waals surface area contributed by atoms with Crippen molar-refractivity contribution in [1.82, 2.24) is 0 Å². The van der Waals surface area contributed by atoms with Crippen LogP contribution in [-0.2, 0) is 0 Å². The highest BCUT2D eigenvalue weighted by atomic mass is 79.9. The number of para-hydroxylation sites is 1. The van der Waals surface area contributed by atoms with Crippen LogP contribution in [0.3, 0.4) is 0 Å². The molecule has 2 aromatic rings. The fourth-order valence-electron chi connectivity index (χ4n) is 1.90. The average Bonchev–Trinajstić information content (AvgIpc) is 2.47. The highest BCUT2D eigenvalue weighted by Gasteiger charge is 2.15. The Morgan fingerprint density at radius 2 is 1.90 bits per heavy atom. The number of anilines is 1. The zero-order valence-electron chi connectivity index (χ0n) is 10.9. The van der Waals surface area contributed by atoms with E-state index in [-0.39, 0.29) is 12.6 Å². The molecule has 0 fully saturated rings. The molecule has 2 N–H and O–H groups in total. The maximum absolute atomic E-state index is 9.68. The number of hydrogen-bond acceptors (Lipinski definition) is 3. The van der Waals surface area contributed by atoms with Gasteiger partial charge in [-0.2, -0.15) is 0 Å². The zero-order valence-corrected chi connectivity index (χ0v) is 14.1. The molecular formula is C15H15Br2NO2. The third-order valence-electron chi connectivity index (χ3n) is 2.96. The van der Waals surface area contributed by atoms with Gasteiger partial charge in [-0.1, -0.05) is 28.1 Å². The Labute approximate surface area is 135 Å². The Kier molecular flexibility index (Phi) is 5.46. The fraction of sp³-hybridized carbons (Fsp3) is 0.200. The van der Waals surface area contributed by atoms with E-state index in [1.807, 2.05) is 42.5 Å². The molecule has 0 amide bonds. The van der Waals surface area contributed by atoms with Crippen molar-refractivity contribution >= 4 is 37.5 Å². The second-order valence-electron chi connectivity index (χ2n) is 4.25. The molecular weight excluding hydrogens is 386 g/mol. The second kappa shape index (κ2) is 7.11.